The number of sulfonamides is 1. The maximum atomic E-state index is 12.5. The second kappa shape index (κ2) is 6.21. The summed E-state index contributed by atoms with van der Waals surface area (Å²) < 4.78 is 28.7. The monoisotopic (exact) mass is 459 g/mol. The second-order valence-electron chi connectivity index (χ2n) is 4.89. The molecule has 0 saturated carbocycles. The molecule has 2 aliphatic rings. The van der Waals surface area contributed by atoms with Crippen molar-refractivity contribution >= 4 is 59.3 Å². The molecule has 1 aromatic rings. The molecule has 0 fully saturated rings. The third kappa shape index (κ3) is 3.56. The van der Waals surface area contributed by atoms with Gasteiger partial charge in [0.15, 0.2) is 5.84 Å². The van der Waals surface area contributed by atoms with Gasteiger partial charge < -0.3 is 10.2 Å². The van der Waals surface area contributed by atoms with Gasteiger partial charge >= 0.3 is 0 Å². The summed E-state index contributed by atoms with van der Waals surface area (Å²) in [4.78, 5) is 14.2. The number of fused-ring (bicyclic) bond motifs is 1. The van der Waals surface area contributed by atoms with Crippen molar-refractivity contribution < 1.29 is 13.2 Å². The third-order valence-corrected chi connectivity index (χ3v) is 5.61. The number of amidine groups is 1. The van der Waals surface area contributed by atoms with Crippen LogP contribution in [0.3, 0.4) is 0 Å². The first-order valence-corrected chi connectivity index (χ1v) is 9.80. The van der Waals surface area contributed by atoms with Crippen LogP contribution in [-0.2, 0) is 14.8 Å². The number of allylic oxidation sites excluding steroid dienone is 2. The molecular formula is C14H11Br2N3O3S. The predicted octanol–water partition coefficient (Wildman–Crippen LogP) is 2.65. The number of halogens is 2. The molecule has 9 heteroatoms. The van der Waals surface area contributed by atoms with E-state index in [9.17, 15) is 13.2 Å². The van der Waals surface area contributed by atoms with Gasteiger partial charge in [-0.15, -0.1) is 4.40 Å². The molecule has 0 spiro atoms. The molecule has 0 unspecified atom stereocenters. The van der Waals surface area contributed by atoms with Crippen LogP contribution in [0.15, 0.2) is 55.5 Å². The largest absolute Gasteiger partial charge is 0.331 e. The van der Waals surface area contributed by atoms with Gasteiger partial charge in [-0.05, 0) is 46.3 Å². The molecule has 2 heterocycles. The summed E-state index contributed by atoms with van der Waals surface area (Å²) in [5.41, 5.74) is 0.785. The first-order chi connectivity index (χ1) is 10.9. The van der Waals surface area contributed by atoms with Crippen LogP contribution in [0.4, 0.5) is 5.69 Å². The normalized spacial score (nSPS) is 18.8. The van der Waals surface area contributed by atoms with Crippen molar-refractivity contribution in [1.29, 1.82) is 0 Å². The van der Waals surface area contributed by atoms with Gasteiger partial charge in [-0.1, -0.05) is 15.9 Å². The zero-order valence-corrected chi connectivity index (χ0v) is 15.7. The minimum absolute atomic E-state index is 0.0626. The zero-order chi connectivity index (χ0) is 16.6. The molecule has 3 rings (SSSR count). The Morgan fingerprint density at radius 3 is 2.87 bits per heavy atom. The van der Waals surface area contributed by atoms with Crippen LogP contribution in [0.5, 0.6) is 0 Å². The number of nitrogens with one attached hydrogen (secondary N) is 1. The first-order valence-electron chi connectivity index (χ1n) is 6.60. The van der Waals surface area contributed by atoms with Crippen LogP contribution >= 0.6 is 31.9 Å². The zero-order valence-electron chi connectivity index (χ0n) is 11.7. The van der Waals surface area contributed by atoms with E-state index in [-0.39, 0.29) is 23.7 Å². The number of amides is 1. The minimum Gasteiger partial charge on any atom is -0.331 e. The van der Waals surface area contributed by atoms with Gasteiger partial charge in [0, 0.05) is 21.7 Å². The fraction of sp³-hybridized carbons (Fsp3) is 0.143. The van der Waals surface area contributed by atoms with Crippen molar-refractivity contribution in [3.63, 3.8) is 0 Å². The number of nitrogens with zero attached hydrogens (tertiary/aromatic N) is 2. The van der Waals surface area contributed by atoms with Crippen LogP contribution in [0.2, 0.25) is 0 Å². The lowest BCUT2D eigenvalue weighted by molar-refractivity contribution is -0.112. The van der Waals surface area contributed by atoms with E-state index in [1.165, 1.54) is 0 Å². The van der Waals surface area contributed by atoms with Gasteiger partial charge in [-0.25, -0.2) is 8.42 Å². The Balaban J connectivity index is 1.92. The molecule has 0 atom stereocenters. The van der Waals surface area contributed by atoms with Gasteiger partial charge in [-0.3, -0.25) is 4.79 Å². The maximum Gasteiger partial charge on any atom is 0.259 e. The number of hydrogen-bond acceptors (Lipinski definition) is 4. The van der Waals surface area contributed by atoms with Crippen LogP contribution in [0.25, 0.3) is 0 Å². The van der Waals surface area contributed by atoms with Gasteiger partial charge in [0.2, 0.25) is 0 Å². The summed E-state index contributed by atoms with van der Waals surface area (Å²) in [5, 5.41) is 2.76. The van der Waals surface area contributed by atoms with E-state index in [2.05, 4.69) is 41.6 Å². The van der Waals surface area contributed by atoms with E-state index in [0.717, 1.165) is 8.95 Å². The molecule has 1 N–H and O–H groups in total. The lowest BCUT2D eigenvalue weighted by atomic mass is 10.1. The van der Waals surface area contributed by atoms with Gasteiger partial charge in [-0.2, -0.15) is 0 Å². The Kier molecular flexibility index (Phi) is 4.43. The summed E-state index contributed by atoms with van der Waals surface area (Å²) in [6.07, 6.45) is 4.96. The Morgan fingerprint density at radius 2 is 2.09 bits per heavy atom. The molecule has 0 radical (unpaired) electrons. The number of rotatable bonds is 2. The Labute approximate surface area is 150 Å². The summed E-state index contributed by atoms with van der Waals surface area (Å²) in [7, 11) is -3.53. The molecule has 0 aliphatic carbocycles. The van der Waals surface area contributed by atoms with Crippen molar-refractivity contribution in [2.75, 3.05) is 17.6 Å². The Bertz CT molecular complexity index is 875. The average molecular weight is 461 g/mol. The number of carbonyl (C=O) groups excluding carboxylic acids is 1. The molecule has 1 amide bonds. The van der Waals surface area contributed by atoms with E-state index in [0.29, 0.717) is 5.69 Å². The van der Waals surface area contributed by atoms with E-state index >= 15 is 0 Å². The molecule has 0 aromatic heterocycles. The SMILES string of the molecule is O=C(Nc1cc(Br)ccc1Br)C1=CC=CN2CCS(=O)(=O)N=C12. The predicted molar refractivity (Wildman–Crippen MR) is 95.6 cm³/mol. The highest BCUT2D eigenvalue weighted by Gasteiger charge is 2.30. The summed E-state index contributed by atoms with van der Waals surface area (Å²) in [6, 6.07) is 5.38. The quantitative estimate of drug-likeness (QED) is 0.735. The van der Waals surface area contributed by atoms with Crippen LogP contribution in [0.1, 0.15) is 0 Å². The van der Waals surface area contributed by atoms with Crippen molar-refractivity contribution in [3.05, 3.63) is 51.1 Å². The molecule has 2 aliphatic heterocycles. The highest BCUT2D eigenvalue weighted by Crippen LogP contribution is 2.27. The van der Waals surface area contributed by atoms with Crippen LogP contribution < -0.4 is 5.32 Å². The van der Waals surface area contributed by atoms with E-state index in [4.69, 9.17) is 0 Å². The average Bonchev–Trinajstić information content (AvgIpc) is 2.49. The standard InChI is InChI=1S/C14H11Br2N3O3S/c15-9-3-4-11(16)12(8-9)17-14(20)10-2-1-5-19-6-7-23(21,22)18-13(10)19/h1-5,8H,6-7H2,(H,17,20). The van der Waals surface area contributed by atoms with Gasteiger partial charge in [0.1, 0.15) is 0 Å². The van der Waals surface area contributed by atoms with Crippen molar-refractivity contribution in [3.8, 4) is 0 Å². The topological polar surface area (TPSA) is 78.8 Å². The molecule has 120 valence electrons. The molecular weight excluding hydrogens is 450 g/mol. The Morgan fingerprint density at radius 1 is 1.30 bits per heavy atom. The summed E-state index contributed by atoms with van der Waals surface area (Å²) >= 11 is 6.71. The lowest BCUT2D eigenvalue weighted by Crippen LogP contribution is -2.40. The number of anilines is 1. The van der Waals surface area contributed by atoms with E-state index in [1.807, 2.05) is 6.07 Å². The fourth-order valence-corrected chi connectivity index (χ4v) is 3.87. The van der Waals surface area contributed by atoms with E-state index in [1.54, 1.807) is 35.4 Å². The first kappa shape index (κ1) is 16.4. The molecule has 0 saturated heterocycles. The second-order valence-corrected chi connectivity index (χ2v) is 8.42. The van der Waals surface area contributed by atoms with E-state index < -0.39 is 15.9 Å². The molecule has 0 bridgehead atoms. The smallest absolute Gasteiger partial charge is 0.259 e. The Hall–Kier alpha value is -1.45. The van der Waals surface area contributed by atoms with Crippen molar-refractivity contribution in [2.45, 2.75) is 0 Å². The van der Waals surface area contributed by atoms with Gasteiger partial charge in [0.25, 0.3) is 15.9 Å². The van der Waals surface area contributed by atoms with Crippen LogP contribution in [-0.4, -0.2) is 37.4 Å². The van der Waals surface area contributed by atoms with Crippen molar-refractivity contribution in [1.82, 2.24) is 4.90 Å². The molecule has 1 aromatic carbocycles. The number of benzene rings is 1. The summed E-state index contributed by atoms with van der Waals surface area (Å²) in [5.74, 6) is -0.330. The number of hydrogen-bond donors (Lipinski definition) is 1. The highest BCUT2D eigenvalue weighted by molar-refractivity contribution is 9.11. The maximum absolute atomic E-state index is 12.5. The lowest BCUT2D eigenvalue weighted by Gasteiger charge is -2.28. The third-order valence-electron chi connectivity index (χ3n) is 3.28. The molecule has 6 nitrogen and oxygen atoms in total. The fourth-order valence-electron chi connectivity index (χ4n) is 2.18. The van der Waals surface area contributed by atoms with Crippen molar-refractivity contribution in [2.24, 2.45) is 4.40 Å². The van der Waals surface area contributed by atoms with Gasteiger partial charge in [0.05, 0.1) is 17.0 Å². The minimum atomic E-state index is -3.53. The van der Waals surface area contributed by atoms with Crippen LogP contribution in [0, 0.1) is 0 Å². The highest BCUT2D eigenvalue weighted by atomic mass is 79.9. The summed E-state index contributed by atoms with van der Waals surface area (Å²) in [6.45, 7) is 0.281. The number of carbonyl (C=O) groups is 1. The molecule has 23 heavy (non-hydrogen) atoms.